The monoisotopic (exact) mass is 425 g/mol. The zero-order valence-corrected chi connectivity index (χ0v) is 17.0. The molecule has 5 rings (SSSR count). The first kappa shape index (κ1) is 19.6. The molecule has 4 aromatic rings. The zero-order chi connectivity index (χ0) is 22.1. The number of carbonyl (C=O) groups is 1. The second-order valence-electron chi connectivity index (χ2n) is 7.60. The Kier molecular flexibility index (Phi) is 4.95. The van der Waals surface area contributed by atoms with Crippen LogP contribution in [0.4, 0.5) is 0 Å². The number of hydrogen-bond acceptors (Lipinski definition) is 6. The lowest BCUT2D eigenvalue weighted by atomic mass is 10.0. The van der Waals surface area contributed by atoms with Gasteiger partial charge in [-0.15, -0.1) is 0 Å². The molecule has 1 aliphatic rings. The summed E-state index contributed by atoms with van der Waals surface area (Å²) in [6, 6.07) is 19.9. The van der Waals surface area contributed by atoms with Gasteiger partial charge in [-0.05, 0) is 29.3 Å². The van der Waals surface area contributed by atoms with Gasteiger partial charge in [0.25, 0.3) is 11.8 Å². The summed E-state index contributed by atoms with van der Waals surface area (Å²) in [7, 11) is 0. The molecule has 2 N–H and O–H groups in total. The predicted molar refractivity (Wildman–Crippen MR) is 118 cm³/mol. The van der Waals surface area contributed by atoms with Crippen LogP contribution in [-0.4, -0.2) is 38.2 Å². The number of nitrogens with zero attached hydrogens (tertiary/aromatic N) is 3. The average Bonchev–Trinajstić information content (AvgIpc) is 3.47. The van der Waals surface area contributed by atoms with Gasteiger partial charge in [-0.1, -0.05) is 47.6 Å². The minimum atomic E-state index is -0.482. The van der Waals surface area contributed by atoms with Crippen LogP contribution in [0.15, 0.2) is 82.2 Å². The number of benzene rings is 2. The second-order valence-corrected chi connectivity index (χ2v) is 7.60. The number of H-pyrrole nitrogens is 1. The van der Waals surface area contributed by atoms with E-state index in [9.17, 15) is 9.59 Å². The Balaban J connectivity index is 1.39. The fraction of sp³-hybridized carbons (Fsp3) is 0.125. The van der Waals surface area contributed by atoms with E-state index in [0.29, 0.717) is 29.1 Å². The standard InChI is InChI=1S/C24H19N5O3/c25-19-12-20(22-27-23(32-28-22)18-10-11-21(30)26-13-18)29(14-19)24(31)17-8-6-16(7-9-17)15-4-2-1-3-5-15/h1-11,13,20,25H,12,14H2,(H,26,30)/t20-/m0/s1. The lowest BCUT2D eigenvalue weighted by molar-refractivity contribution is 0.0732. The second kappa shape index (κ2) is 8.07. The largest absolute Gasteiger partial charge is 0.334 e. The summed E-state index contributed by atoms with van der Waals surface area (Å²) in [5, 5.41) is 12.2. The third-order valence-corrected chi connectivity index (χ3v) is 5.45. The van der Waals surface area contributed by atoms with Crippen molar-refractivity contribution in [2.24, 2.45) is 0 Å². The maximum absolute atomic E-state index is 13.2. The molecule has 0 unspecified atom stereocenters. The van der Waals surface area contributed by atoms with Gasteiger partial charge in [0.1, 0.15) is 6.04 Å². The number of aromatic nitrogens is 3. The van der Waals surface area contributed by atoms with E-state index in [1.807, 2.05) is 42.5 Å². The minimum Gasteiger partial charge on any atom is -0.334 e. The van der Waals surface area contributed by atoms with E-state index in [-0.39, 0.29) is 23.9 Å². The van der Waals surface area contributed by atoms with Crippen molar-refractivity contribution in [1.82, 2.24) is 20.0 Å². The topological polar surface area (TPSA) is 116 Å². The molecule has 8 nitrogen and oxygen atoms in total. The van der Waals surface area contributed by atoms with Crippen LogP contribution in [-0.2, 0) is 0 Å². The quantitative estimate of drug-likeness (QED) is 0.517. The Bertz CT molecular complexity index is 1320. The van der Waals surface area contributed by atoms with Gasteiger partial charge in [0.2, 0.25) is 5.56 Å². The Morgan fingerprint density at radius 3 is 2.44 bits per heavy atom. The molecule has 2 aromatic heterocycles. The molecule has 0 saturated carbocycles. The van der Waals surface area contributed by atoms with Gasteiger partial charge in [0.15, 0.2) is 5.82 Å². The molecule has 2 aromatic carbocycles. The van der Waals surface area contributed by atoms with Crippen molar-refractivity contribution in [3.05, 3.63) is 94.7 Å². The summed E-state index contributed by atoms with van der Waals surface area (Å²) >= 11 is 0. The smallest absolute Gasteiger partial charge is 0.259 e. The Hall–Kier alpha value is -4.33. The lowest BCUT2D eigenvalue weighted by Crippen LogP contribution is -2.31. The molecule has 1 atom stereocenters. The van der Waals surface area contributed by atoms with Crippen molar-refractivity contribution in [1.29, 1.82) is 5.41 Å². The third kappa shape index (κ3) is 3.74. The van der Waals surface area contributed by atoms with E-state index in [0.717, 1.165) is 11.1 Å². The SMILES string of the molecule is N=C1C[C@@H](c2noc(-c3ccc(=O)[nH]c3)n2)N(C(=O)c2ccc(-c3ccccc3)cc2)C1. The molecule has 1 aliphatic heterocycles. The van der Waals surface area contributed by atoms with E-state index in [1.54, 1.807) is 23.1 Å². The van der Waals surface area contributed by atoms with Crippen molar-refractivity contribution in [2.45, 2.75) is 12.5 Å². The van der Waals surface area contributed by atoms with E-state index in [1.165, 1.54) is 12.3 Å². The average molecular weight is 425 g/mol. The number of likely N-dealkylation sites (tertiary alicyclic amines) is 1. The van der Waals surface area contributed by atoms with Crippen molar-refractivity contribution in [3.63, 3.8) is 0 Å². The van der Waals surface area contributed by atoms with Crippen LogP contribution in [0.3, 0.4) is 0 Å². The van der Waals surface area contributed by atoms with E-state index < -0.39 is 6.04 Å². The Morgan fingerprint density at radius 1 is 1.00 bits per heavy atom. The Morgan fingerprint density at radius 2 is 1.72 bits per heavy atom. The first-order valence-corrected chi connectivity index (χ1v) is 10.1. The van der Waals surface area contributed by atoms with Crippen LogP contribution in [0, 0.1) is 5.41 Å². The van der Waals surface area contributed by atoms with Crippen LogP contribution >= 0.6 is 0 Å². The molecule has 32 heavy (non-hydrogen) atoms. The maximum atomic E-state index is 13.2. The molecule has 0 bridgehead atoms. The normalized spacial score (nSPS) is 15.8. The van der Waals surface area contributed by atoms with Crippen LogP contribution < -0.4 is 5.56 Å². The predicted octanol–water partition coefficient (Wildman–Crippen LogP) is 3.70. The Labute approximate surface area is 183 Å². The number of carbonyl (C=O) groups excluding carboxylic acids is 1. The molecule has 0 radical (unpaired) electrons. The molecular weight excluding hydrogens is 406 g/mol. The number of aromatic amines is 1. The molecule has 8 heteroatoms. The van der Waals surface area contributed by atoms with Crippen LogP contribution in [0.25, 0.3) is 22.6 Å². The van der Waals surface area contributed by atoms with Gasteiger partial charge in [-0.2, -0.15) is 4.98 Å². The molecular formula is C24H19N5O3. The van der Waals surface area contributed by atoms with E-state index in [2.05, 4.69) is 15.1 Å². The summed E-state index contributed by atoms with van der Waals surface area (Å²) < 4.78 is 5.35. The fourth-order valence-corrected chi connectivity index (χ4v) is 3.80. The first-order chi connectivity index (χ1) is 15.6. The maximum Gasteiger partial charge on any atom is 0.259 e. The molecule has 158 valence electrons. The van der Waals surface area contributed by atoms with Crippen LogP contribution in [0.5, 0.6) is 0 Å². The van der Waals surface area contributed by atoms with Crippen molar-refractivity contribution in [2.75, 3.05) is 6.54 Å². The minimum absolute atomic E-state index is 0.188. The van der Waals surface area contributed by atoms with Crippen LogP contribution in [0.2, 0.25) is 0 Å². The number of nitrogens with one attached hydrogen (secondary N) is 2. The lowest BCUT2D eigenvalue weighted by Gasteiger charge is -2.21. The number of hydrogen-bond donors (Lipinski definition) is 2. The summed E-state index contributed by atoms with van der Waals surface area (Å²) in [6.45, 7) is 0.215. The molecule has 3 heterocycles. The highest BCUT2D eigenvalue weighted by molar-refractivity contribution is 6.00. The number of amides is 1. The molecule has 0 spiro atoms. The van der Waals surface area contributed by atoms with Crippen molar-refractivity contribution < 1.29 is 9.32 Å². The van der Waals surface area contributed by atoms with Gasteiger partial charge >= 0.3 is 0 Å². The van der Waals surface area contributed by atoms with Crippen LogP contribution in [0.1, 0.15) is 28.6 Å². The van der Waals surface area contributed by atoms with Gasteiger partial charge in [0, 0.05) is 30.0 Å². The van der Waals surface area contributed by atoms with Crippen molar-refractivity contribution in [3.8, 4) is 22.6 Å². The summed E-state index contributed by atoms with van der Waals surface area (Å²) in [5.41, 5.74) is 3.41. The molecule has 0 aliphatic carbocycles. The first-order valence-electron chi connectivity index (χ1n) is 10.1. The van der Waals surface area contributed by atoms with Gasteiger partial charge in [-0.25, -0.2) is 0 Å². The number of pyridine rings is 1. The third-order valence-electron chi connectivity index (χ3n) is 5.45. The fourth-order valence-electron chi connectivity index (χ4n) is 3.80. The molecule has 1 fully saturated rings. The number of rotatable bonds is 4. The molecule has 1 saturated heterocycles. The van der Waals surface area contributed by atoms with Crippen molar-refractivity contribution >= 4 is 11.6 Å². The highest BCUT2D eigenvalue weighted by atomic mass is 16.5. The summed E-state index contributed by atoms with van der Waals surface area (Å²) in [6.07, 6.45) is 1.84. The summed E-state index contributed by atoms with van der Waals surface area (Å²) in [5.74, 6) is 0.393. The van der Waals surface area contributed by atoms with E-state index in [4.69, 9.17) is 9.93 Å². The molecule has 1 amide bonds. The van der Waals surface area contributed by atoms with Gasteiger partial charge in [-0.3, -0.25) is 9.59 Å². The van der Waals surface area contributed by atoms with Gasteiger partial charge in [0.05, 0.1) is 12.1 Å². The highest BCUT2D eigenvalue weighted by Crippen LogP contribution is 2.31. The zero-order valence-electron chi connectivity index (χ0n) is 17.0. The van der Waals surface area contributed by atoms with E-state index >= 15 is 0 Å². The summed E-state index contributed by atoms with van der Waals surface area (Å²) in [4.78, 5) is 33.1. The highest BCUT2D eigenvalue weighted by Gasteiger charge is 2.36. The van der Waals surface area contributed by atoms with Gasteiger partial charge < -0.3 is 19.8 Å².